The first-order valence-electron chi connectivity index (χ1n) is 13.8. The molecule has 3 aliphatic rings. The molecule has 0 aliphatic carbocycles. The van der Waals surface area contributed by atoms with E-state index in [9.17, 15) is 9.90 Å². The van der Waals surface area contributed by atoms with Crippen molar-refractivity contribution in [2.45, 2.75) is 69.3 Å². The van der Waals surface area contributed by atoms with Gasteiger partial charge in [0.2, 0.25) is 0 Å². The molecule has 3 fully saturated rings. The average Bonchev–Trinajstić information content (AvgIpc) is 3.55. The summed E-state index contributed by atoms with van der Waals surface area (Å²) >= 11 is 0. The summed E-state index contributed by atoms with van der Waals surface area (Å²) in [6, 6.07) is 8.41. The van der Waals surface area contributed by atoms with E-state index in [4.69, 9.17) is 9.72 Å². The molecule has 0 saturated carbocycles. The summed E-state index contributed by atoms with van der Waals surface area (Å²) in [5, 5.41) is 23.2. The summed E-state index contributed by atoms with van der Waals surface area (Å²) in [5.41, 5.74) is 3.45. The lowest BCUT2D eigenvalue weighted by Crippen LogP contribution is -2.51. The van der Waals surface area contributed by atoms with Crippen molar-refractivity contribution in [3.63, 3.8) is 0 Å². The average molecular weight is 533 g/mol. The van der Waals surface area contributed by atoms with Crippen molar-refractivity contribution in [2.24, 2.45) is 0 Å². The maximum Gasteiger partial charge on any atom is 0.407 e. The van der Waals surface area contributed by atoms with E-state index in [1.807, 2.05) is 61.3 Å². The number of fused-ring (bicyclic) bond motifs is 2. The van der Waals surface area contributed by atoms with E-state index in [0.717, 1.165) is 80.0 Å². The maximum absolute atomic E-state index is 11.6. The van der Waals surface area contributed by atoms with Crippen molar-refractivity contribution in [3.05, 3.63) is 36.7 Å². The zero-order valence-electron chi connectivity index (χ0n) is 22.8. The van der Waals surface area contributed by atoms with Gasteiger partial charge in [0.15, 0.2) is 5.82 Å². The van der Waals surface area contributed by atoms with Gasteiger partial charge in [0.05, 0.1) is 11.9 Å². The topological polar surface area (TPSA) is 113 Å². The molecule has 206 valence electrons. The van der Waals surface area contributed by atoms with Gasteiger partial charge in [0.1, 0.15) is 17.7 Å². The van der Waals surface area contributed by atoms with Gasteiger partial charge >= 0.3 is 6.09 Å². The monoisotopic (exact) mass is 532 g/mol. The summed E-state index contributed by atoms with van der Waals surface area (Å²) in [4.78, 5) is 22.4. The van der Waals surface area contributed by atoms with Gasteiger partial charge in [0, 0.05) is 63.2 Å². The van der Waals surface area contributed by atoms with Crippen LogP contribution in [0.3, 0.4) is 0 Å². The number of pyridine rings is 1. The number of amides is 1. The Balaban J connectivity index is 1.19. The number of carbonyl (C=O) groups is 1. The highest BCUT2D eigenvalue weighted by molar-refractivity contribution is 5.77. The first-order chi connectivity index (χ1) is 18.9. The summed E-state index contributed by atoms with van der Waals surface area (Å²) in [5.74, 6) is 1.62. The maximum atomic E-state index is 11.6. The Morgan fingerprint density at radius 3 is 2.41 bits per heavy atom. The van der Waals surface area contributed by atoms with Gasteiger partial charge < -0.3 is 24.5 Å². The molecule has 2 unspecified atom stereocenters. The van der Waals surface area contributed by atoms with Crippen LogP contribution in [-0.4, -0.2) is 86.9 Å². The summed E-state index contributed by atoms with van der Waals surface area (Å²) in [6.45, 7) is 0.777. The Morgan fingerprint density at radius 1 is 1.00 bits per heavy atom. The van der Waals surface area contributed by atoms with E-state index >= 15 is 0 Å². The Bertz CT molecular complexity index is 1310. The van der Waals surface area contributed by atoms with Gasteiger partial charge in [-0.1, -0.05) is 0 Å². The molecule has 2 bridgehead atoms. The minimum Gasteiger partial charge on any atom is -0.465 e. The molecule has 3 aromatic heterocycles. The van der Waals surface area contributed by atoms with Crippen LogP contribution in [0.1, 0.15) is 51.2 Å². The van der Waals surface area contributed by atoms with Crippen LogP contribution in [0.15, 0.2) is 36.7 Å². The molecule has 6 rings (SSSR count). The van der Waals surface area contributed by atoms with E-state index in [1.165, 1.54) is 0 Å². The predicted molar refractivity (Wildman–Crippen MR) is 148 cm³/mol. The number of anilines is 2. The molecule has 0 aromatic carbocycles. The lowest BCUT2D eigenvalue weighted by Gasteiger charge is -2.41. The standard InChI is InChI=1S/C28H36N8O3/c1-33(2)27-22(18-16-29-35(17-18)26-6-4-5-13-39-26)9-10-23(30-27)24-11-12-25(32-31-24)34(3)21-14-19-7-8-20(15-21)36(19)28(37)38/h9-12,16-17,19-21,26H,4-8,13-15H2,1-3H3,(H,37,38)/t19-,20+,21?,26?. The Morgan fingerprint density at radius 2 is 1.77 bits per heavy atom. The number of carboxylic acid groups (broad SMARTS) is 1. The van der Waals surface area contributed by atoms with Crippen LogP contribution in [0.5, 0.6) is 0 Å². The smallest absolute Gasteiger partial charge is 0.407 e. The minimum absolute atomic E-state index is 0.00524. The van der Waals surface area contributed by atoms with Crippen molar-refractivity contribution >= 4 is 17.7 Å². The molecule has 3 aliphatic heterocycles. The van der Waals surface area contributed by atoms with Crippen molar-refractivity contribution < 1.29 is 14.6 Å². The number of ether oxygens (including phenoxy) is 1. The number of aromatic nitrogens is 5. The molecule has 39 heavy (non-hydrogen) atoms. The number of piperidine rings is 1. The van der Waals surface area contributed by atoms with Gasteiger partial charge in [-0.05, 0) is 69.2 Å². The van der Waals surface area contributed by atoms with E-state index in [0.29, 0.717) is 5.69 Å². The molecule has 3 saturated heterocycles. The molecule has 0 radical (unpaired) electrons. The molecule has 11 heteroatoms. The first-order valence-corrected chi connectivity index (χ1v) is 13.8. The third-order valence-corrected chi connectivity index (χ3v) is 8.41. The van der Waals surface area contributed by atoms with Crippen molar-refractivity contribution in [1.82, 2.24) is 29.9 Å². The number of nitrogens with zero attached hydrogens (tertiary/aromatic N) is 8. The minimum atomic E-state index is -0.796. The van der Waals surface area contributed by atoms with Gasteiger partial charge in [-0.15, -0.1) is 10.2 Å². The van der Waals surface area contributed by atoms with Crippen molar-refractivity contribution in [3.8, 4) is 22.5 Å². The molecule has 0 spiro atoms. The number of rotatable bonds is 6. The number of hydrogen-bond donors (Lipinski definition) is 1. The van der Waals surface area contributed by atoms with Crippen LogP contribution in [0.2, 0.25) is 0 Å². The molecule has 4 atom stereocenters. The fourth-order valence-electron chi connectivity index (χ4n) is 6.34. The highest BCUT2D eigenvalue weighted by atomic mass is 16.5. The Kier molecular flexibility index (Phi) is 6.84. The second-order valence-electron chi connectivity index (χ2n) is 11.1. The SMILES string of the molecule is CN(C)c1nc(-c2ccc(N(C)C3C[C@H]4CC[C@@H](C3)N4C(=O)O)nn2)ccc1-c1cnn(C2CCCCO2)c1. The second kappa shape index (κ2) is 10.4. The predicted octanol–water partition coefficient (Wildman–Crippen LogP) is 4.28. The first kappa shape index (κ1) is 25.5. The molecule has 6 heterocycles. The van der Waals surface area contributed by atoms with Crippen LogP contribution in [0.25, 0.3) is 22.5 Å². The van der Waals surface area contributed by atoms with Crippen LogP contribution in [0.4, 0.5) is 16.4 Å². The third kappa shape index (κ3) is 4.91. The summed E-state index contributed by atoms with van der Waals surface area (Å²) < 4.78 is 7.81. The van der Waals surface area contributed by atoms with E-state index in [1.54, 1.807) is 4.90 Å². The van der Waals surface area contributed by atoms with Crippen LogP contribution < -0.4 is 9.80 Å². The fourth-order valence-corrected chi connectivity index (χ4v) is 6.34. The molecule has 1 amide bonds. The quantitative estimate of drug-likeness (QED) is 0.497. The molecule has 3 aromatic rings. The Labute approximate surface area is 228 Å². The van der Waals surface area contributed by atoms with E-state index in [-0.39, 0.29) is 24.4 Å². The highest BCUT2D eigenvalue weighted by Crippen LogP contribution is 2.38. The summed E-state index contributed by atoms with van der Waals surface area (Å²) in [6.07, 6.45) is 9.87. The lowest BCUT2D eigenvalue weighted by atomic mass is 9.96. The summed E-state index contributed by atoms with van der Waals surface area (Å²) in [7, 11) is 5.99. The Hall–Kier alpha value is -3.73. The largest absolute Gasteiger partial charge is 0.465 e. The van der Waals surface area contributed by atoms with Gasteiger partial charge in [-0.25, -0.2) is 14.5 Å². The van der Waals surface area contributed by atoms with Crippen molar-refractivity contribution in [1.29, 1.82) is 0 Å². The van der Waals surface area contributed by atoms with E-state index in [2.05, 4.69) is 26.3 Å². The zero-order chi connectivity index (χ0) is 27.1. The molecule has 1 N–H and O–H groups in total. The van der Waals surface area contributed by atoms with Crippen LogP contribution in [0, 0.1) is 0 Å². The zero-order valence-corrected chi connectivity index (χ0v) is 22.8. The van der Waals surface area contributed by atoms with Gasteiger partial charge in [-0.3, -0.25) is 0 Å². The van der Waals surface area contributed by atoms with E-state index < -0.39 is 6.09 Å². The fraction of sp³-hybridized carbons (Fsp3) is 0.536. The highest BCUT2D eigenvalue weighted by Gasteiger charge is 2.44. The number of hydrogen-bond acceptors (Lipinski definition) is 8. The molecular formula is C28H36N8O3. The van der Waals surface area contributed by atoms with Crippen LogP contribution in [-0.2, 0) is 4.74 Å². The lowest BCUT2D eigenvalue weighted by molar-refractivity contribution is -0.0394. The van der Waals surface area contributed by atoms with Gasteiger partial charge in [0.25, 0.3) is 0 Å². The molecule has 11 nitrogen and oxygen atoms in total. The van der Waals surface area contributed by atoms with Crippen LogP contribution >= 0.6 is 0 Å². The normalized spacial score (nSPS) is 24.5. The second-order valence-corrected chi connectivity index (χ2v) is 11.1. The van der Waals surface area contributed by atoms with Gasteiger partial charge in [-0.2, -0.15) is 5.10 Å². The van der Waals surface area contributed by atoms with Crippen molar-refractivity contribution in [2.75, 3.05) is 37.5 Å². The molecular weight excluding hydrogens is 496 g/mol. The third-order valence-electron chi connectivity index (χ3n) is 8.41.